The highest BCUT2D eigenvalue weighted by Gasteiger charge is 2.22. The van der Waals surface area contributed by atoms with E-state index in [1.807, 2.05) is 35.9 Å². The summed E-state index contributed by atoms with van der Waals surface area (Å²) in [7, 11) is 3.63. The lowest BCUT2D eigenvalue weighted by Gasteiger charge is -2.17. The van der Waals surface area contributed by atoms with Gasteiger partial charge in [-0.3, -0.25) is 14.9 Å². The zero-order valence-corrected chi connectivity index (χ0v) is 16.3. The van der Waals surface area contributed by atoms with Crippen molar-refractivity contribution in [3.63, 3.8) is 0 Å². The van der Waals surface area contributed by atoms with E-state index in [-0.39, 0.29) is 5.56 Å². The van der Waals surface area contributed by atoms with Gasteiger partial charge in [0.05, 0.1) is 17.1 Å². The third-order valence-electron chi connectivity index (χ3n) is 4.84. The molecular formula is C20H24N4O4. The molecule has 0 aliphatic heterocycles. The minimum atomic E-state index is -1.10. The average Bonchev–Trinajstić information content (AvgIpc) is 2.95. The summed E-state index contributed by atoms with van der Waals surface area (Å²) in [4.78, 5) is 27.8. The van der Waals surface area contributed by atoms with Crippen molar-refractivity contribution in [1.29, 1.82) is 0 Å². The van der Waals surface area contributed by atoms with E-state index in [4.69, 9.17) is 10.1 Å². The number of aliphatic carboxylic acids is 1. The fourth-order valence-electron chi connectivity index (χ4n) is 3.31. The topological polar surface area (TPSA) is 109 Å². The smallest absolute Gasteiger partial charge is 0.323 e. The Kier molecular flexibility index (Phi) is 5.35. The highest BCUT2D eigenvalue weighted by Crippen LogP contribution is 2.24. The first-order valence-electron chi connectivity index (χ1n) is 8.96. The minimum absolute atomic E-state index is 0.0398. The van der Waals surface area contributed by atoms with Crippen molar-refractivity contribution in [2.45, 2.75) is 32.5 Å². The Labute approximate surface area is 162 Å². The average molecular weight is 384 g/mol. The van der Waals surface area contributed by atoms with Gasteiger partial charge in [0.15, 0.2) is 0 Å². The summed E-state index contributed by atoms with van der Waals surface area (Å²) in [5.41, 5.74) is 4.01. The number of benzene rings is 1. The second-order valence-corrected chi connectivity index (χ2v) is 7.08. The Hall–Kier alpha value is -2.97. The maximum absolute atomic E-state index is 11.9. The number of imidazole rings is 1. The summed E-state index contributed by atoms with van der Waals surface area (Å²) in [6.45, 7) is 3.51. The first-order chi connectivity index (χ1) is 13.2. The lowest BCUT2D eigenvalue weighted by Crippen LogP contribution is -2.44. The van der Waals surface area contributed by atoms with E-state index in [0.717, 1.165) is 28.0 Å². The van der Waals surface area contributed by atoms with Crippen molar-refractivity contribution in [3.05, 3.63) is 51.9 Å². The van der Waals surface area contributed by atoms with Gasteiger partial charge < -0.3 is 19.3 Å². The lowest BCUT2D eigenvalue weighted by molar-refractivity contribution is -0.142. The maximum Gasteiger partial charge on any atom is 0.323 e. The number of hydrogen-bond donors (Lipinski definition) is 3. The number of carboxylic acid groups (broad SMARTS) is 1. The number of aryl methyl sites for hydroxylation is 3. The van der Waals surface area contributed by atoms with E-state index in [1.54, 1.807) is 24.7 Å². The molecule has 8 heteroatoms. The number of pyridine rings is 1. The molecule has 0 spiro atoms. The molecule has 148 valence electrons. The van der Waals surface area contributed by atoms with E-state index in [9.17, 15) is 14.7 Å². The molecule has 2 atom stereocenters. The van der Waals surface area contributed by atoms with E-state index in [0.29, 0.717) is 12.1 Å². The van der Waals surface area contributed by atoms with Gasteiger partial charge in [0.2, 0.25) is 0 Å². The molecular weight excluding hydrogens is 360 g/mol. The van der Waals surface area contributed by atoms with Crippen molar-refractivity contribution in [2.24, 2.45) is 14.1 Å². The van der Waals surface area contributed by atoms with Crippen molar-refractivity contribution < 1.29 is 15.0 Å². The largest absolute Gasteiger partial charge is 0.480 e. The molecule has 0 saturated heterocycles. The number of rotatable bonds is 6. The first-order valence-corrected chi connectivity index (χ1v) is 8.96. The van der Waals surface area contributed by atoms with Gasteiger partial charge in [0, 0.05) is 38.0 Å². The Morgan fingerprint density at radius 1 is 1.29 bits per heavy atom. The second kappa shape index (κ2) is 7.57. The Morgan fingerprint density at radius 2 is 2.00 bits per heavy atom. The SMILES string of the molecule is Cc1cc(-c2nc3cc(CNC(C(=O)O)[C@@H](C)O)ccc3n2C)cn(C)c1=O. The number of nitrogens with zero attached hydrogens (tertiary/aromatic N) is 3. The molecule has 3 aromatic rings. The number of aromatic nitrogens is 3. The van der Waals surface area contributed by atoms with Crippen molar-refractivity contribution >= 4 is 17.0 Å². The van der Waals surface area contributed by atoms with E-state index in [2.05, 4.69) is 5.32 Å². The molecule has 0 radical (unpaired) electrons. The molecule has 0 saturated carbocycles. The predicted molar refractivity (Wildman–Crippen MR) is 106 cm³/mol. The molecule has 2 aromatic heterocycles. The van der Waals surface area contributed by atoms with Crippen molar-refractivity contribution in [1.82, 2.24) is 19.4 Å². The summed E-state index contributed by atoms with van der Waals surface area (Å²) in [5.74, 6) is -0.354. The third kappa shape index (κ3) is 3.69. The van der Waals surface area contributed by atoms with Gasteiger partial charge in [-0.2, -0.15) is 0 Å². The number of fused-ring (bicyclic) bond motifs is 1. The van der Waals surface area contributed by atoms with Crippen LogP contribution >= 0.6 is 0 Å². The van der Waals surface area contributed by atoms with Crippen LogP contribution in [-0.2, 0) is 25.4 Å². The van der Waals surface area contributed by atoms with Gasteiger partial charge in [-0.15, -0.1) is 0 Å². The summed E-state index contributed by atoms with van der Waals surface area (Å²) < 4.78 is 3.50. The number of aliphatic hydroxyl groups is 1. The van der Waals surface area contributed by atoms with Crippen molar-refractivity contribution in [2.75, 3.05) is 0 Å². The van der Waals surface area contributed by atoms with E-state index in [1.165, 1.54) is 6.92 Å². The van der Waals surface area contributed by atoms with E-state index >= 15 is 0 Å². The Balaban J connectivity index is 1.94. The maximum atomic E-state index is 11.9. The van der Waals surface area contributed by atoms with Crippen LogP contribution in [-0.4, -0.2) is 42.4 Å². The molecule has 1 unspecified atom stereocenters. The van der Waals surface area contributed by atoms with Crippen LogP contribution in [0.3, 0.4) is 0 Å². The van der Waals surface area contributed by atoms with Gasteiger partial charge in [-0.1, -0.05) is 6.07 Å². The third-order valence-corrected chi connectivity index (χ3v) is 4.84. The van der Waals surface area contributed by atoms with Crippen molar-refractivity contribution in [3.8, 4) is 11.4 Å². The van der Waals surface area contributed by atoms with Crippen LogP contribution < -0.4 is 10.9 Å². The van der Waals surface area contributed by atoms with Crippen LogP contribution in [0.25, 0.3) is 22.4 Å². The lowest BCUT2D eigenvalue weighted by atomic mass is 10.1. The molecule has 2 heterocycles. The Bertz CT molecular complexity index is 1070. The highest BCUT2D eigenvalue weighted by atomic mass is 16.4. The van der Waals surface area contributed by atoms with Crippen LogP contribution in [0.1, 0.15) is 18.1 Å². The fraction of sp³-hybridized carbons (Fsp3) is 0.350. The second-order valence-electron chi connectivity index (χ2n) is 7.08. The van der Waals surface area contributed by atoms with Crippen LogP contribution in [0.15, 0.2) is 35.3 Å². The zero-order chi connectivity index (χ0) is 20.6. The molecule has 1 aromatic carbocycles. The molecule has 0 fully saturated rings. The summed E-state index contributed by atoms with van der Waals surface area (Å²) in [5, 5.41) is 21.6. The Morgan fingerprint density at radius 3 is 2.61 bits per heavy atom. The minimum Gasteiger partial charge on any atom is -0.480 e. The highest BCUT2D eigenvalue weighted by molar-refractivity contribution is 5.81. The normalized spacial score (nSPS) is 13.6. The molecule has 0 aliphatic rings. The number of aliphatic hydroxyl groups excluding tert-OH is 1. The van der Waals surface area contributed by atoms with Gasteiger partial charge in [-0.25, -0.2) is 4.98 Å². The van der Waals surface area contributed by atoms with E-state index < -0.39 is 18.1 Å². The zero-order valence-electron chi connectivity index (χ0n) is 16.3. The number of carboxylic acids is 1. The molecule has 0 aliphatic carbocycles. The van der Waals surface area contributed by atoms with Crippen LogP contribution in [0.4, 0.5) is 0 Å². The standard InChI is InChI=1S/C20H24N4O4/c1-11-7-14(10-23(3)19(11)26)18-22-15-8-13(5-6-16(15)24(18)4)9-21-17(12(2)25)20(27)28/h5-8,10,12,17,21,25H,9H2,1-4H3,(H,27,28)/t12-,17?/m1/s1. The van der Waals surface area contributed by atoms with Gasteiger partial charge >= 0.3 is 5.97 Å². The summed E-state index contributed by atoms with van der Waals surface area (Å²) >= 11 is 0. The van der Waals surface area contributed by atoms with Gasteiger partial charge in [-0.05, 0) is 37.6 Å². The number of carbonyl (C=O) groups is 1. The summed E-state index contributed by atoms with van der Waals surface area (Å²) in [6, 6.07) is 6.50. The summed E-state index contributed by atoms with van der Waals surface area (Å²) in [6.07, 6.45) is 0.759. The molecule has 3 N–H and O–H groups in total. The van der Waals surface area contributed by atoms with Gasteiger partial charge in [0.1, 0.15) is 11.9 Å². The molecule has 8 nitrogen and oxygen atoms in total. The van der Waals surface area contributed by atoms with Crippen LogP contribution in [0.2, 0.25) is 0 Å². The van der Waals surface area contributed by atoms with Crippen LogP contribution in [0, 0.1) is 6.92 Å². The molecule has 0 amide bonds. The molecule has 0 bridgehead atoms. The molecule has 3 rings (SSSR count). The van der Waals surface area contributed by atoms with Gasteiger partial charge in [0.25, 0.3) is 5.56 Å². The fourth-order valence-corrected chi connectivity index (χ4v) is 3.31. The van der Waals surface area contributed by atoms with Crippen LogP contribution in [0.5, 0.6) is 0 Å². The quantitative estimate of drug-likeness (QED) is 0.589. The first kappa shape index (κ1) is 19.8. The monoisotopic (exact) mass is 384 g/mol. The number of hydrogen-bond acceptors (Lipinski definition) is 5. The predicted octanol–water partition coefficient (Wildman–Crippen LogP) is 1.17. The molecule has 28 heavy (non-hydrogen) atoms. The number of nitrogens with one attached hydrogen (secondary N) is 1.